The van der Waals surface area contributed by atoms with E-state index in [4.69, 9.17) is 27.9 Å². The molecule has 5 nitrogen and oxygen atoms in total. The van der Waals surface area contributed by atoms with Gasteiger partial charge in [-0.05, 0) is 36.6 Å². The predicted octanol–water partition coefficient (Wildman–Crippen LogP) is 6.68. The van der Waals surface area contributed by atoms with E-state index in [0.717, 1.165) is 0 Å². The van der Waals surface area contributed by atoms with Gasteiger partial charge < -0.3 is 20.3 Å². The first kappa shape index (κ1) is 23.1. The third kappa shape index (κ3) is 5.21. The zero-order chi connectivity index (χ0) is 22.7. The lowest BCUT2D eigenvalue weighted by atomic mass is 10.0. The summed E-state index contributed by atoms with van der Waals surface area (Å²) in [7, 11) is 0. The van der Waals surface area contributed by atoms with E-state index in [0.29, 0.717) is 16.9 Å². The van der Waals surface area contributed by atoms with Crippen LogP contribution in [0.25, 0.3) is 0 Å². The number of ether oxygens (including phenoxy) is 1. The summed E-state index contributed by atoms with van der Waals surface area (Å²) < 4.78 is 20.2. The Balaban J connectivity index is 1.90. The summed E-state index contributed by atoms with van der Waals surface area (Å²) in [6.45, 7) is 5.57. The minimum Gasteiger partial charge on any atom is -0.508 e. The average molecular weight is 465 g/mol. The van der Waals surface area contributed by atoms with Crippen LogP contribution in [-0.4, -0.2) is 21.2 Å². The number of benzene rings is 2. The molecule has 3 N–H and O–H groups in total. The molecule has 0 radical (unpaired) electrons. The minimum absolute atomic E-state index is 0.0103. The highest BCUT2D eigenvalue weighted by molar-refractivity contribution is 6.38. The summed E-state index contributed by atoms with van der Waals surface area (Å²) in [6, 6.07) is 13.2. The summed E-state index contributed by atoms with van der Waals surface area (Å²) in [5.41, 5.74) is 1.35. The van der Waals surface area contributed by atoms with Crippen LogP contribution in [0.5, 0.6) is 17.2 Å². The highest BCUT2D eigenvalue weighted by atomic mass is 35.5. The van der Waals surface area contributed by atoms with Crippen LogP contribution < -0.4 is 10.1 Å². The molecule has 1 aromatic heterocycles. The number of aromatic nitrogens is 1. The fourth-order valence-electron chi connectivity index (χ4n) is 3.09. The Morgan fingerprint density at radius 2 is 1.71 bits per heavy atom. The first-order valence-electron chi connectivity index (χ1n) is 9.73. The number of hydrogen-bond acceptors (Lipinski definition) is 5. The molecule has 3 aromatic rings. The normalized spacial score (nSPS) is 13.2. The first-order valence-corrected chi connectivity index (χ1v) is 10.5. The lowest BCUT2D eigenvalue weighted by molar-refractivity contribution is 0.160. The molecule has 0 unspecified atom stereocenters. The molecule has 0 spiro atoms. The highest BCUT2D eigenvalue weighted by Crippen LogP contribution is 2.42. The number of phenols is 1. The van der Waals surface area contributed by atoms with Crippen molar-refractivity contribution in [1.82, 2.24) is 4.98 Å². The van der Waals surface area contributed by atoms with Crippen molar-refractivity contribution in [3.63, 3.8) is 0 Å². The van der Waals surface area contributed by atoms with Gasteiger partial charge in [0.15, 0.2) is 11.6 Å². The number of aliphatic hydroxyl groups excluding tert-OH is 1. The smallest absolute Gasteiger partial charge is 0.237 e. The average Bonchev–Trinajstić information content (AvgIpc) is 2.75. The summed E-state index contributed by atoms with van der Waals surface area (Å²) in [4.78, 5) is 3.78. The topological polar surface area (TPSA) is 74.6 Å². The summed E-state index contributed by atoms with van der Waals surface area (Å²) in [6.07, 6.45) is -0.882. The zero-order valence-corrected chi connectivity index (χ0v) is 18.7. The number of halogens is 3. The number of nitrogens with zero attached hydrogens (tertiary/aromatic N) is 1. The van der Waals surface area contributed by atoms with Crippen molar-refractivity contribution in [1.29, 1.82) is 0 Å². The van der Waals surface area contributed by atoms with Gasteiger partial charge in [-0.2, -0.15) is 9.37 Å². The molecule has 8 heteroatoms. The van der Waals surface area contributed by atoms with Gasteiger partial charge in [-0.15, -0.1) is 0 Å². The molecule has 0 fully saturated rings. The van der Waals surface area contributed by atoms with E-state index in [-0.39, 0.29) is 33.3 Å². The lowest BCUT2D eigenvalue weighted by Gasteiger charge is -2.22. The van der Waals surface area contributed by atoms with E-state index in [1.165, 1.54) is 12.1 Å². The van der Waals surface area contributed by atoms with E-state index in [1.807, 2.05) is 32.0 Å². The molecule has 0 aliphatic heterocycles. The van der Waals surface area contributed by atoms with Crippen molar-refractivity contribution in [2.24, 2.45) is 0 Å². The molecule has 0 bridgehead atoms. The lowest BCUT2D eigenvalue weighted by Crippen LogP contribution is -2.25. The summed E-state index contributed by atoms with van der Waals surface area (Å²) in [5.74, 6) is -0.580. The molecule has 0 amide bonds. The van der Waals surface area contributed by atoms with Crippen LogP contribution >= 0.6 is 23.2 Å². The van der Waals surface area contributed by atoms with Crippen molar-refractivity contribution in [3.05, 3.63) is 75.7 Å². The third-order valence-electron chi connectivity index (χ3n) is 4.82. The Kier molecular flexibility index (Phi) is 7.26. The van der Waals surface area contributed by atoms with Crippen molar-refractivity contribution in [2.75, 3.05) is 5.32 Å². The maximum Gasteiger partial charge on any atom is 0.237 e. The Morgan fingerprint density at radius 1 is 1.03 bits per heavy atom. The summed E-state index contributed by atoms with van der Waals surface area (Å²) >= 11 is 12.5. The van der Waals surface area contributed by atoms with Crippen LogP contribution in [-0.2, 0) is 0 Å². The number of hydrogen-bond donors (Lipinski definition) is 3. The number of pyridine rings is 1. The molecule has 3 rings (SSSR count). The Morgan fingerprint density at radius 3 is 2.35 bits per heavy atom. The first-order chi connectivity index (χ1) is 14.7. The maximum atomic E-state index is 14.4. The number of phenolic OH excluding ortho intramolecular Hbond substituents is 1. The SMILES string of the molecule is CC(C)c1cc(Oc2c(Cl)c(F)nc(N[C@@H](C)[C@@H](O)c3ccccc3)c2Cl)ccc1O. The van der Waals surface area contributed by atoms with Crippen LogP contribution in [0.1, 0.15) is 43.9 Å². The molecule has 0 saturated carbocycles. The van der Waals surface area contributed by atoms with Gasteiger partial charge in [0.1, 0.15) is 21.5 Å². The number of aromatic hydroxyl groups is 1. The van der Waals surface area contributed by atoms with E-state index < -0.39 is 18.1 Å². The molecule has 31 heavy (non-hydrogen) atoms. The van der Waals surface area contributed by atoms with Gasteiger partial charge >= 0.3 is 0 Å². The summed E-state index contributed by atoms with van der Waals surface area (Å²) in [5, 5.41) is 23.1. The van der Waals surface area contributed by atoms with Gasteiger partial charge in [0.05, 0.1) is 12.1 Å². The standard InChI is InChI=1S/C23H23Cl2FN2O3/c1-12(2)16-11-15(9-10-17(16)29)31-21-18(24)22(26)28-23(19(21)25)27-13(3)20(30)14-7-5-4-6-8-14/h4-13,20,29-30H,1-3H3,(H,27,28)/t13-,20+/m0/s1. The van der Waals surface area contributed by atoms with E-state index in [9.17, 15) is 14.6 Å². The molecule has 164 valence electrons. The van der Waals surface area contributed by atoms with E-state index >= 15 is 0 Å². The maximum absolute atomic E-state index is 14.4. The van der Waals surface area contributed by atoms with Gasteiger partial charge in [0.25, 0.3) is 0 Å². The van der Waals surface area contributed by atoms with Crippen molar-refractivity contribution in [3.8, 4) is 17.2 Å². The van der Waals surface area contributed by atoms with Crippen LogP contribution in [0.4, 0.5) is 10.2 Å². The number of nitrogens with one attached hydrogen (secondary N) is 1. The van der Waals surface area contributed by atoms with E-state index in [2.05, 4.69) is 10.3 Å². The van der Waals surface area contributed by atoms with Crippen LogP contribution in [0, 0.1) is 5.95 Å². The van der Waals surface area contributed by atoms with Crippen molar-refractivity contribution in [2.45, 2.75) is 38.8 Å². The van der Waals surface area contributed by atoms with Gasteiger partial charge in [0, 0.05) is 5.56 Å². The number of rotatable bonds is 7. The van der Waals surface area contributed by atoms with Gasteiger partial charge in [-0.3, -0.25) is 0 Å². The Bertz CT molecular complexity index is 1060. The second-order valence-electron chi connectivity index (χ2n) is 7.47. The molecular formula is C23H23Cl2FN2O3. The molecule has 0 aliphatic rings. The third-order valence-corrected chi connectivity index (χ3v) is 5.50. The van der Waals surface area contributed by atoms with Gasteiger partial charge in [-0.1, -0.05) is 67.4 Å². The molecule has 0 aliphatic carbocycles. The molecule has 0 saturated heterocycles. The largest absolute Gasteiger partial charge is 0.508 e. The predicted molar refractivity (Wildman–Crippen MR) is 121 cm³/mol. The fraction of sp³-hybridized carbons (Fsp3) is 0.261. The fourth-order valence-corrected chi connectivity index (χ4v) is 3.54. The Hall–Kier alpha value is -2.54. The van der Waals surface area contributed by atoms with Crippen LogP contribution in [0.15, 0.2) is 48.5 Å². The quantitative estimate of drug-likeness (QED) is 0.340. The minimum atomic E-state index is -0.965. The number of anilines is 1. The van der Waals surface area contributed by atoms with Gasteiger partial charge in [0.2, 0.25) is 5.95 Å². The number of aliphatic hydroxyl groups is 1. The molecular weight excluding hydrogens is 442 g/mol. The van der Waals surface area contributed by atoms with Crippen LogP contribution in [0.3, 0.4) is 0 Å². The Labute approximate surface area is 190 Å². The van der Waals surface area contributed by atoms with Gasteiger partial charge in [-0.25, -0.2) is 0 Å². The highest BCUT2D eigenvalue weighted by Gasteiger charge is 2.24. The molecule has 2 atom stereocenters. The van der Waals surface area contributed by atoms with E-state index in [1.54, 1.807) is 25.1 Å². The van der Waals surface area contributed by atoms with Crippen molar-refractivity contribution < 1.29 is 19.3 Å². The van der Waals surface area contributed by atoms with Crippen molar-refractivity contribution >= 4 is 29.0 Å². The second-order valence-corrected chi connectivity index (χ2v) is 8.23. The second kappa shape index (κ2) is 9.73. The molecule has 2 aromatic carbocycles. The molecule has 1 heterocycles. The zero-order valence-electron chi connectivity index (χ0n) is 17.2. The monoisotopic (exact) mass is 464 g/mol. The van der Waals surface area contributed by atoms with Crippen LogP contribution in [0.2, 0.25) is 10.0 Å².